The van der Waals surface area contributed by atoms with E-state index in [1.165, 1.54) is 58.2 Å². The Bertz CT molecular complexity index is 203. The van der Waals surface area contributed by atoms with Crippen LogP contribution in [0.25, 0.3) is 0 Å². The molecule has 0 amide bonds. The topological polar surface area (TPSA) is 15.3 Å². The molecule has 2 nitrogen and oxygen atoms in total. The van der Waals surface area contributed by atoms with Crippen molar-refractivity contribution in [2.45, 2.75) is 78.3 Å². The highest BCUT2D eigenvalue weighted by molar-refractivity contribution is 4.82. The molecule has 0 aliphatic carbocycles. The van der Waals surface area contributed by atoms with Crippen LogP contribution in [-0.2, 0) is 0 Å². The molecule has 0 radical (unpaired) electrons. The van der Waals surface area contributed by atoms with Gasteiger partial charge in [-0.25, -0.2) is 0 Å². The van der Waals surface area contributed by atoms with Crippen LogP contribution < -0.4 is 5.32 Å². The molecule has 18 heavy (non-hydrogen) atoms. The van der Waals surface area contributed by atoms with Crippen LogP contribution in [0.4, 0.5) is 0 Å². The first-order valence-electron chi connectivity index (χ1n) is 8.14. The van der Waals surface area contributed by atoms with E-state index in [9.17, 15) is 0 Å². The van der Waals surface area contributed by atoms with Gasteiger partial charge in [-0.2, -0.15) is 0 Å². The van der Waals surface area contributed by atoms with Crippen LogP contribution in [0.1, 0.15) is 66.2 Å². The normalized spacial score (nSPS) is 22.8. The SMILES string of the molecule is CCCCC(CCC)N1CCC(CNC(C)C)C1. The smallest absolute Gasteiger partial charge is 0.00952 e. The lowest BCUT2D eigenvalue weighted by atomic mass is 10.0. The van der Waals surface area contributed by atoms with Crippen LogP contribution in [-0.4, -0.2) is 36.6 Å². The summed E-state index contributed by atoms with van der Waals surface area (Å²) in [6.07, 6.45) is 8.27. The third-order valence-corrected chi connectivity index (χ3v) is 4.16. The second kappa shape index (κ2) is 8.92. The van der Waals surface area contributed by atoms with Gasteiger partial charge in [0, 0.05) is 18.6 Å². The summed E-state index contributed by atoms with van der Waals surface area (Å²) in [5.41, 5.74) is 0. The molecule has 0 aromatic heterocycles. The molecular formula is C16H34N2. The van der Waals surface area contributed by atoms with Gasteiger partial charge in [0.2, 0.25) is 0 Å². The van der Waals surface area contributed by atoms with Crippen molar-refractivity contribution in [3.05, 3.63) is 0 Å². The predicted molar refractivity (Wildman–Crippen MR) is 81.0 cm³/mol. The summed E-state index contributed by atoms with van der Waals surface area (Å²) in [6, 6.07) is 1.49. The zero-order chi connectivity index (χ0) is 13.4. The van der Waals surface area contributed by atoms with Crippen LogP contribution in [0, 0.1) is 5.92 Å². The summed E-state index contributed by atoms with van der Waals surface area (Å²) in [5, 5.41) is 3.60. The van der Waals surface area contributed by atoms with Gasteiger partial charge in [-0.15, -0.1) is 0 Å². The van der Waals surface area contributed by atoms with Crippen LogP contribution in [0.3, 0.4) is 0 Å². The molecule has 1 aliphatic rings. The fourth-order valence-electron chi connectivity index (χ4n) is 3.05. The zero-order valence-corrected chi connectivity index (χ0v) is 13.0. The number of unbranched alkanes of at least 4 members (excludes halogenated alkanes) is 1. The second-order valence-electron chi connectivity index (χ2n) is 6.30. The Morgan fingerprint density at radius 1 is 1.17 bits per heavy atom. The maximum absolute atomic E-state index is 3.60. The lowest BCUT2D eigenvalue weighted by molar-refractivity contribution is 0.205. The fourth-order valence-corrected chi connectivity index (χ4v) is 3.05. The number of likely N-dealkylation sites (tertiary alicyclic amines) is 1. The lowest BCUT2D eigenvalue weighted by Crippen LogP contribution is -2.35. The van der Waals surface area contributed by atoms with E-state index in [0.717, 1.165) is 12.0 Å². The van der Waals surface area contributed by atoms with Gasteiger partial charge in [0.25, 0.3) is 0 Å². The summed E-state index contributed by atoms with van der Waals surface area (Å²) in [5.74, 6) is 0.883. The number of rotatable bonds is 9. The summed E-state index contributed by atoms with van der Waals surface area (Å²) >= 11 is 0. The molecule has 0 spiro atoms. The van der Waals surface area contributed by atoms with Gasteiger partial charge in [0.05, 0.1) is 0 Å². The highest BCUT2D eigenvalue weighted by atomic mass is 15.2. The molecule has 2 unspecified atom stereocenters. The van der Waals surface area contributed by atoms with Gasteiger partial charge in [-0.1, -0.05) is 47.0 Å². The third kappa shape index (κ3) is 5.71. The summed E-state index contributed by atoms with van der Waals surface area (Å²) in [4.78, 5) is 2.77. The van der Waals surface area contributed by atoms with Gasteiger partial charge in [0.15, 0.2) is 0 Å². The molecule has 1 N–H and O–H groups in total. The number of hydrogen-bond donors (Lipinski definition) is 1. The Kier molecular flexibility index (Phi) is 7.92. The fraction of sp³-hybridized carbons (Fsp3) is 1.00. The Morgan fingerprint density at radius 3 is 2.56 bits per heavy atom. The van der Waals surface area contributed by atoms with E-state index in [-0.39, 0.29) is 0 Å². The average Bonchev–Trinajstić information content (AvgIpc) is 2.80. The number of nitrogens with one attached hydrogen (secondary N) is 1. The molecule has 1 rings (SSSR count). The molecule has 1 heterocycles. The highest BCUT2D eigenvalue weighted by Gasteiger charge is 2.27. The van der Waals surface area contributed by atoms with E-state index in [0.29, 0.717) is 6.04 Å². The van der Waals surface area contributed by atoms with E-state index >= 15 is 0 Å². The minimum Gasteiger partial charge on any atom is -0.314 e. The zero-order valence-electron chi connectivity index (χ0n) is 13.0. The molecule has 0 bridgehead atoms. The van der Waals surface area contributed by atoms with Gasteiger partial charge in [-0.3, -0.25) is 0 Å². The largest absolute Gasteiger partial charge is 0.314 e. The molecule has 0 aromatic carbocycles. The molecular weight excluding hydrogens is 220 g/mol. The molecule has 2 atom stereocenters. The first-order valence-corrected chi connectivity index (χ1v) is 8.14. The Balaban J connectivity index is 2.31. The molecule has 1 aliphatic heterocycles. The standard InChI is InChI=1S/C16H34N2/c1-5-7-9-16(8-6-2)18-11-10-15(13-18)12-17-14(3)4/h14-17H,5-13H2,1-4H3. The first kappa shape index (κ1) is 16.0. The van der Waals surface area contributed by atoms with Crippen molar-refractivity contribution in [1.29, 1.82) is 0 Å². The number of nitrogens with zero attached hydrogens (tertiary/aromatic N) is 1. The average molecular weight is 254 g/mol. The van der Waals surface area contributed by atoms with Gasteiger partial charge in [-0.05, 0) is 38.3 Å². The van der Waals surface area contributed by atoms with E-state index in [4.69, 9.17) is 0 Å². The van der Waals surface area contributed by atoms with Crippen molar-refractivity contribution in [3.8, 4) is 0 Å². The Hall–Kier alpha value is -0.0800. The third-order valence-electron chi connectivity index (χ3n) is 4.16. The molecule has 0 saturated carbocycles. The van der Waals surface area contributed by atoms with Gasteiger partial charge >= 0.3 is 0 Å². The van der Waals surface area contributed by atoms with E-state index in [1.54, 1.807) is 0 Å². The van der Waals surface area contributed by atoms with Crippen LogP contribution in [0.15, 0.2) is 0 Å². The highest BCUT2D eigenvalue weighted by Crippen LogP contribution is 2.23. The van der Waals surface area contributed by atoms with E-state index < -0.39 is 0 Å². The number of hydrogen-bond acceptors (Lipinski definition) is 2. The summed E-state index contributed by atoms with van der Waals surface area (Å²) < 4.78 is 0. The minimum absolute atomic E-state index is 0.630. The molecule has 2 heteroatoms. The quantitative estimate of drug-likeness (QED) is 0.675. The van der Waals surface area contributed by atoms with Crippen LogP contribution in [0.2, 0.25) is 0 Å². The van der Waals surface area contributed by atoms with Crippen molar-refractivity contribution in [1.82, 2.24) is 10.2 Å². The summed E-state index contributed by atoms with van der Waals surface area (Å²) in [6.45, 7) is 13.0. The Morgan fingerprint density at radius 2 is 1.94 bits per heavy atom. The lowest BCUT2D eigenvalue weighted by Gasteiger charge is -2.28. The summed E-state index contributed by atoms with van der Waals surface area (Å²) in [7, 11) is 0. The van der Waals surface area contributed by atoms with Crippen molar-refractivity contribution < 1.29 is 0 Å². The maximum atomic E-state index is 3.60. The van der Waals surface area contributed by atoms with Crippen molar-refractivity contribution in [2.75, 3.05) is 19.6 Å². The molecule has 0 aromatic rings. The van der Waals surface area contributed by atoms with Crippen molar-refractivity contribution >= 4 is 0 Å². The second-order valence-corrected chi connectivity index (χ2v) is 6.30. The molecule has 1 saturated heterocycles. The predicted octanol–water partition coefficient (Wildman–Crippen LogP) is 3.67. The van der Waals surface area contributed by atoms with Crippen LogP contribution in [0.5, 0.6) is 0 Å². The van der Waals surface area contributed by atoms with Crippen molar-refractivity contribution in [2.24, 2.45) is 5.92 Å². The van der Waals surface area contributed by atoms with E-state index in [1.807, 2.05) is 0 Å². The monoisotopic (exact) mass is 254 g/mol. The van der Waals surface area contributed by atoms with Gasteiger partial charge < -0.3 is 10.2 Å². The Labute approximate surface area is 115 Å². The van der Waals surface area contributed by atoms with Gasteiger partial charge in [0.1, 0.15) is 0 Å². The molecule has 108 valence electrons. The first-order chi connectivity index (χ1) is 8.67. The minimum atomic E-state index is 0.630. The van der Waals surface area contributed by atoms with Crippen LogP contribution >= 0.6 is 0 Å². The van der Waals surface area contributed by atoms with Crippen molar-refractivity contribution in [3.63, 3.8) is 0 Å². The maximum Gasteiger partial charge on any atom is 0.00952 e. The van der Waals surface area contributed by atoms with E-state index in [2.05, 4.69) is 37.9 Å². The molecule has 1 fully saturated rings.